The summed E-state index contributed by atoms with van der Waals surface area (Å²) in [5.41, 5.74) is 2.51. The van der Waals surface area contributed by atoms with Crippen LogP contribution in [0.4, 0.5) is 0 Å². The van der Waals surface area contributed by atoms with Gasteiger partial charge in [0, 0.05) is 11.8 Å². The highest BCUT2D eigenvalue weighted by molar-refractivity contribution is 5.96. The molecular formula is C17H16N2O4. The van der Waals surface area contributed by atoms with Crippen molar-refractivity contribution in [2.24, 2.45) is 0 Å². The number of pyridine rings is 1. The van der Waals surface area contributed by atoms with E-state index in [1.807, 2.05) is 13.0 Å². The molecule has 1 N–H and O–H groups in total. The van der Waals surface area contributed by atoms with Gasteiger partial charge in [-0.25, -0.2) is 9.78 Å². The fourth-order valence-electron chi connectivity index (χ4n) is 2.60. The Hall–Kier alpha value is -3.02. The fraction of sp³-hybridized carbons (Fsp3) is 0.176. The second-order valence-electron chi connectivity index (χ2n) is 5.07. The molecule has 0 atom stereocenters. The molecule has 0 aliphatic heterocycles. The van der Waals surface area contributed by atoms with Crippen molar-refractivity contribution in [3.05, 3.63) is 47.8 Å². The van der Waals surface area contributed by atoms with Crippen LogP contribution in [-0.2, 0) is 0 Å². The Balaban J connectivity index is 2.38. The number of carboxylic acid groups (broad SMARTS) is 1. The van der Waals surface area contributed by atoms with Gasteiger partial charge in [0.2, 0.25) is 0 Å². The number of carbonyl (C=O) groups is 1. The third-order valence-electron chi connectivity index (χ3n) is 3.71. The number of nitrogens with zero attached hydrogens (tertiary/aromatic N) is 2. The zero-order valence-corrected chi connectivity index (χ0v) is 13.0. The van der Waals surface area contributed by atoms with Crippen LogP contribution in [0.1, 0.15) is 16.1 Å². The fourth-order valence-corrected chi connectivity index (χ4v) is 2.60. The van der Waals surface area contributed by atoms with Gasteiger partial charge in [-0.3, -0.25) is 4.40 Å². The Morgan fingerprint density at radius 2 is 2.00 bits per heavy atom. The molecule has 0 spiro atoms. The highest BCUT2D eigenvalue weighted by atomic mass is 16.5. The molecule has 6 heteroatoms. The summed E-state index contributed by atoms with van der Waals surface area (Å²) in [7, 11) is 3.09. The van der Waals surface area contributed by atoms with Gasteiger partial charge in [0.15, 0.2) is 5.69 Å². The zero-order valence-electron chi connectivity index (χ0n) is 13.0. The minimum Gasteiger partial charge on any atom is -0.497 e. The molecule has 0 fully saturated rings. The van der Waals surface area contributed by atoms with Gasteiger partial charge in [-0.2, -0.15) is 0 Å². The number of aromatic nitrogens is 2. The molecule has 2 heterocycles. The molecule has 0 saturated carbocycles. The average Bonchev–Trinajstić information content (AvgIpc) is 2.95. The van der Waals surface area contributed by atoms with Gasteiger partial charge in [-0.1, -0.05) is 6.07 Å². The quantitative estimate of drug-likeness (QED) is 0.801. The molecule has 0 aliphatic carbocycles. The van der Waals surface area contributed by atoms with Crippen LogP contribution < -0.4 is 9.47 Å². The SMILES string of the molecule is COc1ccc(OC)c(-c2nc3c(C)cccn3c2C(=O)O)c1. The number of hydrogen-bond donors (Lipinski definition) is 1. The van der Waals surface area contributed by atoms with Crippen molar-refractivity contribution in [3.8, 4) is 22.8 Å². The first-order valence-electron chi connectivity index (χ1n) is 7.00. The second kappa shape index (κ2) is 5.64. The number of hydrogen-bond acceptors (Lipinski definition) is 4. The number of aryl methyl sites for hydroxylation is 1. The van der Waals surface area contributed by atoms with E-state index in [-0.39, 0.29) is 5.69 Å². The van der Waals surface area contributed by atoms with Crippen LogP contribution in [0, 0.1) is 6.92 Å². The van der Waals surface area contributed by atoms with E-state index in [1.54, 1.807) is 42.0 Å². The summed E-state index contributed by atoms with van der Waals surface area (Å²) in [5.74, 6) is 0.0863. The summed E-state index contributed by atoms with van der Waals surface area (Å²) in [6.07, 6.45) is 1.69. The lowest BCUT2D eigenvalue weighted by atomic mass is 10.1. The molecule has 1 aromatic carbocycles. The molecule has 0 amide bonds. The van der Waals surface area contributed by atoms with E-state index >= 15 is 0 Å². The summed E-state index contributed by atoms with van der Waals surface area (Å²) in [6, 6.07) is 8.90. The largest absolute Gasteiger partial charge is 0.497 e. The molecule has 0 radical (unpaired) electrons. The van der Waals surface area contributed by atoms with Crippen molar-refractivity contribution in [1.29, 1.82) is 0 Å². The molecule has 118 valence electrons. The monoisotopic (exact) mass is 312 g/mol. The van der Waals surface area contributed by atoms with Crippen molar-refractivity contribution < 1.29 is 19.4 Å². The van der Waals surface area contributed by atoms with Gasteiger partial charge >= 0.3 is 5.97 Å². The van der Waals surface area contributed by atoms with E-state index in [9.17, 15) is 9.90 Å². The number of ether oxygens (including phenoxy) is 2. The van der Waals surface area contributed by atoms with E-state index < -0.39 is 5.97 Å². The maximum Gasteiger partial charge on any atom is 0.355 e. The van der Waals surface area contributed by atoms with Gasteiger partial charge in [-0.05, 0) is 36.8 Å². The van der Waals surface area contributed by atoms with Crippen LogP contribution in [-0.4, -0.2) is 34.7 Å². The van der Waals surface area contributed by atoms with E-state index in [2.05, 4.69) is 4.98 Å². The van der Waals surface area contributed by atoms with Crippen LogP contribution in [0.5, 0.6) is 11.5 Å². The lowest BCUT2D eigenvalue weighted by molar-refractivity contribution is 0.0690. The molecule has 0 aliphatic rings. The Bertz CT molecular complexity index is 899. The Morgan fingerprint density at radius 3 is 2.65 bits per heavy atom. The summed E-state index contributed by atoms with van der Waals surface area (Å²) >= 11 is 0. The molecule has 3 rings (SSSR count). The molecule has 2 aromatic heterocycles. The van der Waals surface area contributed by atoms with Crippen LogP contribution in [0.2, 0.25) is 0 Å². The van der Waals surface area contributed by atoms with E-state index in [1.165, 1.54) is 7.11 Å². The predicted molar refractivity (Wildman–Crippen MR) is 85.4 cm³/mol. The van der Waals surface area contributed by atoms with Crippen molar-refractivity contribution in [3.63, 3.8) is 0 Å². The van der Waals surface area contributed by atoms with Crippen molar-refractivity contribution in [2.75, 3.05) is 14.2 Å². The standard InChI is InChI=1S/C17H16N2O4/c1-10-5-4-8-19-15(17(20)21)14(18-16(10)19)12-9-11(22-2)6-7-13(12)23-3/h4-9H,1-3H3,(H,20,21). The second-order valence-corrected chi connectivity index (χ2v) is 5.07. The van der Waals surface area contributed by atoms with Gasteiger partial charge in [0.05, 0.1) is 14.2 Å². The van der Waals surface area contributed by atoms with E-state index in [4.69, 9.17) is 9.47 Å². The van der Waals surface area contributed by atoms with Gasteiger partial charge < -0.3 is 14.6 Å². The number of fused-ring (bicyclic) bond motifs is 1. The summed E-state index contributed by atoms with van der Waals surface area (Å²) < 4.78 is 12.2. The summed E-state index contributed by atoms with van der Waals surface area (Å²) in [6.45, 7) is 1.89. The Labute approximate surface area is 132 Å². The highest BCUT2D eigenvalue weighted by Gasteiger charge is 2.23. The number of carboxylic acids is 1. The van der Waals surface area contributed by atoms with Gasteiger partial charge in [0.1, 0.15) is 22.8 Å². The van der Waals surface area contributed by atoms with E-state index in [0.29, 0.717) is 28.4 Å². The van der Waals surface area contributed by atoms with Crippen LogP contribution in [0.25, 0.3) is 16.9 Å². The molecule has 6 nitrogen and oxygen atoms in total. The molecule has 0 saturated heterocycles. The zero-order chi connectivity index (χ0) is 16.6. The first-order valence-corrected chi connectivity index (χ1v) is 7.00. The van der Waals surface area contributed by atoms with Crippen molar-refractivity contribution in [1.82, 2.24) is 9.38 Å². The number of imidazole rings is 1. The number of rotatable bonds is 4. The lowest BCUT2D eigenvalue weighted by Crippen LogP contribution is -2.04. The van der Waals surface area contributed by atoms with E-state index in [0.717, 1.165) is 5.56 Å². The minimum atomic E-state index is -1.05. The molecule has 0 unspecified atom stereocenters. The molecule has 23 heavy (non-hydrogen) atoms. The Kier molecular flexibility index (Phi) is 3.65. The van der Waals surface area contributed by atoms with Crippen LogP contribution in [0.3, 0.4) is 0 Å². The maximum absolute atomic E-state index is 11.8. The first-order chi connectivity index (χ1) is 11.1. The smallest absolute Gasteiger partial charge is 0.355 e. The summed E-state index contributed by atoms with van der Waals surface area (Å²) in [5, 5.41) is 9.66. The van der Waals surface area contributed by atoms with Crippen molar-refractivity contribution in [2.45, 2.75) is 6.92 Å². The number of benzene rings is 1. The van der Waals surface area contributed by atoms with Crippen molar-refractivity contribution >= 4 is 11.6 Å². The van der Waals surface area contributed by atoms with Crippen LogP contribution in [0.15, 0.2) is 36.5 Å². The first kappa shape index (κ1) is 14.9. The third kappa shape index (κ3) is 2.38. The molecule has 0 bridgehead atoms. The minimum absolute atomic E-state index is 0.0928. The highest BCUT2D eigenvalue weighted by Crippen LogP contribution is 2.35. The summed E-state index contributed by atoms with van der Waals surface area (Å²) in [4.78, 5) is 16.3. The lowest BCUT2D eigenvalue weighted by Gasteiger charge is -2.09. The normalized spacial score (nSPS) is 10.7. The van der Waals surface area contributed by atoms with Crippen LogP contribution >= 0.6 is 0 Å². The third-order valence-corrected chi connectivity index (χ3v) is 3.71. The molecular weight excluding hydrogens is 296 g/mol. The maximum atomic E-state index is 11.8. The Morgan fingerprint density at radius 1 is 1.22 bits per heavy atom. The number of methoxy groups -OCH3 is 2. The molecule has 3 aromatic rings. The van der Waals surface area contributed by atoms with Gasteiger partial charge in [-0.15, -0.1) is 0 Å². The topological polar surface area (TPSA) is 73.1 Å². The predicted octanol–water partition coefficient (Wildman–Crippen LogP) is 3.03. The van der Waals surface area contributed by atoms with Gasteiger partial charge in [0.25, 0.3) is 0 Å². The average molecular weight is 312 g/mol. The number of aromatic carboxylic acids is 1.